The Bertz CT molecular complexity index is 3020. The Kier molecular flexibility index (Phi) is 10.1. The van der Waals surface area contributed by atoms with Crippen molar-refractivity contribution in [3.63, 3.8) is 0 Å². The summed E-state index contributed by atoms with van der Waals surface area (Å²) in [5.41, 5.74) is -5.72. The van der Waals surface area contributed by atoms with E-state index in [2.05, 4.69) is 25.2 Å². The van der Waals surface area contributed by atoms with E-state index in [1.165, 1.54) is 44.6 Å². The van der Waals surface area contributed by atoms with Gasteiger partial charge in [-0.2, -0.15) is 19.0 Å². The van der Waals surface area contributed by atoms with Gasteiger partial charge in [0, 0.05) is 42.0 Å². The first-order chi connectivity index (χ1) is 28.8. The maximum atomic E-state index is 15.8. The lowest BCUT2D eigenvalue weighted by molar-refractivity contribution is -0.123. The van der Waals surface area contributed by atoms with Crippen LogP contribution < -0.4 is 15.6 Å². The molecule has 6 aromatic rings. The van der Waals surface area contributed by atoms with Crippen molar-refractivity contribution in [2.24, 2.45) is 18.4 Å². The van der Waals surface area contributed by atoms with Crippen molar-refractivity contribution in [2.45, 2.75) is 70.4 Å². The van der Waals surface area contributed by atoms with Gasteiger partial charge in [-0.3, -0.25) is 28.2 Å². The molecule has 0 unspecified atom stereocenters. The highest BCUT2D eigenvalue weighted by Gasteiger charge is 2.67. The van der Waals surface area contributed by atoms with Crippen LogP contribution in [0, 0.1) is 23.0 Å². The maximum Gasteiger partial charge on any atom is 0.293 e. The number of sulfonamides is 1. The molecule has 0 saturated heterocycles. The van der Waals surface area contributed by atoms with Gasteiger partial charge in [0.2, 0.25) is 15.9 Å². The van der Waals surface area contributed by atoms with Crippen LogP contribution in [0.15, 0.2) is 53.3 Å². The Morgan fingerprint density at radius 2 is 1.71 bits per heavy atom. The number of nitrogens with zero attached hydrogens (tertiary/aromatic N) is 6. The van der Waals surface area contributed by atoms with Crippen LogP contribution in [0.25, 0.3) is 27.5 Å². The van der Waals surface area contributed by atoms with E-state index in [9.17, 15) is 35.6 Å². The Hall–Kier alpha value is -5.57. The Morgan fingerprint density at radius 3 is 2.34 bits per heavy atom. The van der Waals surface area contributed by atoms with E-state index in [4.69, 9.17) is 11.6 Å². The van der Waals surface area contributed by atoms with Crippen molar-refractivity contribution < 1.29 is 48.3 Å². The highest BCUT2D eigenvalue weighted by atomic mass is 35.5. The Labute approximate surface area is 351 Å². The predicted octanol–water partition coefficient (Wildman–Crippen LogP) is 8.16. The summed E-state index contributed by atoms with van der Waals surface area (Å²) in [7, 11) is -2.57. The first kappa shape index (κ1) is 43.1. The lowest BCUT2D eigenvalue weighted by atomic mass is 9.83. The highest BCUT2D eigenvalue weighted by molar-refractivity contribution is 7.92. The third-order valence-electron chi connectivity index (χ3n) is 11.1. The third kappa shape index (κ3) is 7.25. The van der Waals surface area contributed by atoms with Gasteiger partial charge in [0.15, 0.2) is 5.82 Å². The summed E-state index contributed by atoms with van der Waals surface area (Å²) in [4.78, 5) is 33.6. The summed E-state index contributed by atoms with van der Waals surface area (Å²) in [5, 5.41) is 10.2. The van der Waals surface area contributed by atoms with E-state index >= 15 is 17.6 Å². The molecule has 3 aromatic carbocycles. The number of aryl methyl sites for hydroxylation is 1. The second-order valence-corrected chi connectivity index (χ2v) is 18.7. The number of alkyl halides is 6. The Balaban J connectivity index is 1.36. The van der Waals surface area contributed by atoms with Gasteiger partial charge in [-0.1, -0.05) is 38.4 Å². The number of benzene rings is 3. The van der Waals surface area contributed by atoms with Gasteiger partial charge in [0.25, 0.3) is 23.8 Å². The molecule has 1 saturated carbocycles. The second-order valence-electron chi connectivity index (χ2n) is 16.6. The van der Waals surface area contributed by atoms with Crippen LogP contribution in [0.2, 0.25) is 5.02 Å². The fraction of sp³-hybridized carbons (Fsp3) is 0.375. The van der Waals surface area contributed by atoms with Gasteiger partial charge in [-0.25, -0.2) is 39.7 Å². The van der Waals surface area contributed by atoms with Crippen molar-refractivity contribution in [1.82, 2.24) is 34.4 Å². The number of halogens is 9. The fourth-order valence-electron chi connectivity index (χ4n) is 8.21. The van der Waals surface area contributed by atoms with Gasteiger partial charge in [0.1, 0.15) is 35.4 Å². The van der Waals surface area contributed by atoms with E-state index in [0.717, 1.165) is 41.2 Å². The summed E-state index contributed by atoms with van der Waals surface area (Å²) in [6.45, 7) is 2.82. The third-order valence-corrected chi connectivity index (χ3v) is 12.0. The van der Waals surface area contributed by atoms with E-state index < -0.39 is 110 Å². The van der Waals surface area contributed by atoms with Crippen LogP contribution >= 0.6 is 11.6 Å². The number of aromatic nitrogens is 6. The number of fused-ring (bicyclic) bond motifs is 5. The van der Waals surface area contributed by atoms with Crippen molar-refractivity contribution in [3.8, 4) is 5.69 Å². The van der Waals surface area contributed by atoms with Crippen molar-refractivity contribution in [1.29, 1.82) is 0 Å². The van der Waals surface area contributed by atoms with E-state index in [1.54, 1.807) is 0 Å². The number of hydrogen-bond acceptors (Lipinski definition) is 7. The van der Waals surface area contributed by atoms with Crippen LogP contribution in [-0.2, 0) is 46.7 Å². The molecule has 8 rings (SSSR count). The zero-order chi connectivity index (χ0) is 45.2. The molecule has 62 heavy (non-hydrogen) atoms. The summed E-state index contributed by atoms with van der Waals surface area (Å²) in [6.07, 6.45) is -3.02. The van der Waals surface area contributed by atoms with Gasteiger partial charge < -0.3 is 5.32 Å². The molecule has 0 aliphatic heterocycles. The number of hydrogen-bond donors (Lipinski definition) is 2. The van der Waals surface area contributed by atoms with Crippen LogP contribution in [-0.4, -0.2) is 49.7 Å². The molecule has 3 heterocycles. The van der Waals surface area contributed by atoms with E-state index in [-0.39, 0.29) is 55.9 Å². The van der Waals surface area contributed by atoms with Crippen molar-refractivity contribution >= 4 is 55.2 Å². The monoisotopic (exact) mass is 910 g/mol. The first-order valence-corrected chi connectivity index (χ1v) is 21.1. The smallest absolute Gasteiger partial charge is 0.293 e. The summed E-state index contributed by atoms with van der Waals surface area (Å²) in [6, 6.07) is 6.45. The molecule has 12 nitrogen and oxygen atoms in total. The van der Waals surface area contributed by atoms with Gasteiger partial charge >= 0.3 is 0 Å². The van der Waals surface area contributed by atoms with Crippen LogP contribution in [0.4, 0.5) is 40.9 Å². The molecule has 1 amide bonds. The lowest BCUT2D eigenvalue weighted by Gasteiger charge is -2.31. The van der Waals surface area contributed by atoms with Crippen molar-refractivity contribution in [3.05, 3.63) is 109 Å². The minimum absolute atomic E-state index is 0.00987. The summed E-state index contributed by atoms with van der Waals surface area (Å²) >= 11 is 6.58. The molecule has 1 fully saturated rings. The highest BCUT2D eigenvalue weighted by Crippen LogP contribution is 2.68. The summed E-state index contributed by atoms with van der Waals surface area (Å²) < 4.78 is 150. The molecule has 0 spiro atoms. The molecule has 0 radical (unpaired) electrons. The van der Waals surface area contributed by atoms with Gasteiger partial charge in [-0.05, 0) is 54.3 Å². The fourth-order valence-corrected chi connectivity index (χ4v) is 8.94. The molecule has 2 aliphatic rings. The topological polar surface area (TPSA) is 146 Å². The van der Waals surface area contributed by atoms with E-state index in [1.807, 2.05) is 0 Å². The molecule has 3 atom stereocenters. The number of rotatable bonds is 11. The van der Waals surface area contributed by atoms with Crippen LogP contribution in [0.1, 0.15) is 79.5 Å². The van der Waals surface area contributed by atoms with Crippen molar-refractivity contribution in [2.75, 3.05) is 11.0 Å². The standard InChI is InChI=1S/C40H35ClF8N8O4S/c1-38(2,3)40(48,49)18-6-7-21-25(13-18)51-36(57(37(21)59)27-9-8-24(41)30-32(27)55(4)53-35(30)54-62(5,60)61)26(12-17-10-19(42)14-20(43)11-17)50-28(58)16-56-33-29(31(52-56)34(44)45)22-15-23(22)39(33,46)47/h6-11,13-14,22-23,26,34H,12,15-16H2,1-5H3,(H,50,58)(H,53,54)/t22-,23+,26-/m0/s1. The van der Waals surface area contributed by atoms with Crippen LogP contribution in [0.3, 0.4) is 0 Å². The first-order valence-electron chi connectivity index (χ1n) is 18.9. The zero-order valence-electron chi connectivity index (χ0n) is 33.2. The van der Waals surface area contributed by atoms with Gasteiger partial charge in [0.05, 0.1) is 44.8 Å². The number of anilines is 1. The zero-order valence-corrected chi connectivity index (χ0v) is 34.7. The number of carbonyl (C=O) groups is 1. The molecule has 0 bridgehead atoms. The molecular weight excluding hydrogens is 876 g/mol. The average Bonchev–Trinajstić information content (AvgIpc) is 3.69. The predicted molar refractivity (Wildman–Crippen MR) is 211 cm³/mol. The SMILES string of the molecule is Cn1nc(NS(C)(=O)=O)c2c(Cl)ccc(-n3c([C@H](Cc4cc(F)cc(F)c4)NC(=O)Cn4nc(C(F)F)c5c4C(F)(F)[C@@H]4C[C@H]54)nc4cc(C(F)(F)C(C)(C)C)ccc4c3=O)c21. The molecule has 22 heteroatoms. The normalized spacial score (nSPS) is 17.7. The van der Waals surface area contributed by atoms with E-state index in [0.29, 0.717) is 10.7 Å². The Morgan fingerprint density at radius 1 is 1.03 bits per heavy atom. The molecule has 2 N–H and O–H groups in total. The maximum absolute atomic E-state index is 15.8. The minimum atomic E-state index is -3.96. The largest absolute Gasteiger partial charge is 0.344 e. The lowest BCUT2D eigenvalue weighted by Crippen LogP contribution is -2.38. The molecule has 3 aromatic heterocycles. The number of carbonyl (C=O) groups excluding carboxylic acids is 1. The minimum Gasteiger partial charge on any atom is -0.344 e. The number of amides is 1. The van der Waals surface area contributed by atoms with Gasteiger partial charge in [-0.15, -0.1) is 0 Å². The summed E-state index contributed by atoms with van der Waals surface area (Å²) in [5.74, 6) is -13.2. The molecule has 328 valence electrons. The average molecular weight is 911 g/mol. The molecule has 2 aliphatic carbocycles. The quantitative estimate of drug-likeness (QED) is 0.125. The molecular formula is C40H35ClF8N8O4S. The second kappa shape index (κ2) is 14.5. The number of nitrogens with one attached hydrogen (secondary N) is 2. The van der Waals surface area contributed by atoms with Crippen LogP contribution in [0.5, 0.6) is 0 Å².